The van der Waals surface area contributed by atoms with Gasteiger partial charge in [0.15, 0.2) is 0 Å². The highest BCUT2D eigenvalue weighted by Gasteiger charge is 2.45. The molecule has 194 valence electrons. The van der Waals surface area contributed by atoms with E-state index in [1.54, 1.807) is 0 Å². The molecular weight excluding hydrogens is 464 g/mol. The molecule has 9 heteroatoms. The van der Waals surface area contributed by atoms with Crippen molar-refractivity contribution >= 4 is 0 Å². The average molecular weight is 499 g/mol. The molecule has 1 unspecified atom stereocenters. The molecule has 0 aliphatic carbocycles. The van der Waals surface area contributed by atoms with Gasteiger partial charge in [-0.05, 0) is 17.2 Å². The second-order valence-electron chi connectivity index (χ2n) is 10.0. The number of aliphatic hydroxyl groups excluding tert-OH is 4. The van der Waals surface area contributed by atoms with Crippen LogP contribution in [0.2, 0.25) is 0 Å². The molecule has 4 rings (SSSR count). The lowest BCUT2D eigenvalue weighted by molar-refractivity contribution is -0.278. The van der Waals surface area contributed by atoms with Crippen molar-refractivity contribution in [2.24, 2.45) is 0 Å². The van der Waals surface area contributed by atoms with Crippen molar-refractivity contribution in [3.8, 4) is 11.6 Å². The zero-order valence-electron chi connectivity index (χ0n) is 20.7. The number of rotatable bonds is 8. The number of H-pyrrole nitrogens is 1. The van der Waals surface area contributed by atoms with Gasteiger partial charge in [0.1, 0.15) is 36.8 Å². The van der Waals surface area contributed by atoms with Gasteiger partial charge in [-0.15, -0.1) is 5.10 Å². The second kappa shape index (κ2) is 11.0. The summed E-state index contributed by atoms with van der Waals surface area (Å²) in [5, 5.41) is 47.6. The van der Waals surface area contributed by atoms with Crippen molar-refractivity contribution in [1.29, 1.82) is 0 Å². The molecule has 0 bridgehead atoms. The van der Waals surface area contributed by atoms with Gasteiger partial charge in [-0.3, -0.25) is 5.10 Å². The van der Waals surface area contributed by atoms with E-state index in [0.717, 1.165) is 28.1 Å². The summed E-state index contributed by atoms with van der Waals surface area (Å²) in [4.78, 5) is 0. The molecule has 0 spiro atoms. The summed E-state index contributed by atoms with van der Waals surface area (Å²) in [6.07, 6.45) is -6.54. The molecule has 1 aliphatic heterocycles. The summed E-state index contributed by atoms with van der Waals surface area (Å²) in [5.41, 5.74) is 3.24. The van der Waals surface area contributed by atoms with Crippen LogP contribution in [0.25, 0.3) is 0 Å². The van der Waals surface area contributed by atoms with Gasteiger partial charge in [-0.2, -0.15) is 0 Å². The first kappa shape index (κ1) is 26.1. The van der Waals surface area contributed by atoms with Gasteiger partial charge in [0.25, 0.3) is 0 Å². The van der Waals surface area contributed by atoms with Crippen LogP contribution >= 0.6 is 0 Å². The number of benzene rings is 2. The lowest BCUT2D eigenvalue weighted by atomic mass is 9.87. The Morgan fingerprint density at radius 1 is 0.944 bits per heavy atom. The average Bonchev–Trinajstić information content (AvgIpc) is 3.27. The zero-order valence-corrected chi connectivity index (χ0v) is 20.7. The van der Waals surface area contributed by atoms with E-state index in [1.807, 2.05) is 75.4 Å². The Morgan fingerprint density at radius 3 is 2.33 bits per heavy atom. The molecule has 36 heavy (non-hydrogen) atoms. The first-order valence-corrected chi connectivity index (χ1v) is 12.0. The predicted octanol–water partition coefficient (Wildman–Crippen LogP) is 2.06. The standard InChI is InChI=1S/C27H34N2O7/c1-27(2,3)24-18(13-17-11-7-8-12-19(17)34-15-16-9-5-4-6-10-16)25(29-28-24)36-26-23(33)22(32)21(31)20(14-30)35-26/h4-12,20-23,26,30-33H,13-15H2,1-3H3,(H,28,29)/t20-,21-,22+,23-,26?/m1/s1. The Kier molecular flexibility index (Phi) is 7.97. The first-order chi connectivity index (χ1) is 17.2. The van der Waals surface area contributed by atoms with E-state index in [9.17, 15) is 20.4 Å². The Balaban J connectivity index is 1.61. The Bertz CT molecular complexity index is 1130. The predicted molar refractivity (Wildman–Crippen MR) is 132 cm³/mol. The molecule has 2 aromatic carbocycles. The van der Waals surface area contributed by atoms with Crippen molar-refractivity contribution < 1.29 is 34.6 Å². The van der Waals surface area contributed by atoms with Crippen LogP contribution < -0.4 is 9.47 Å². The summed E-state index contributed by atoms with van der Waals surface area (Å²) >= 11 is 0. The van der Waals surface area contributed by atoms with E-state index in [0.29, 0.717) is 13.0 Å². The number of nitrogens with one attached hydrogen (secondary N) is 1. The van der Waals surface area contributed by atoms with Crippen LogP contribution in [0.1, 0.15) is 43.2 Å². The minimum absolute atomic E-state index is 0.196. The van der Waals surface area contributed by atoms with Gasteiger partial charge in [0.2, 0.25) is 12.2 Å². The largest absolute Gasteiger partial charge is 0.489 e. The van der Waals surface area contributed by atoms with Gasteiger partial charge >= 0.3 is 0 Å². The molecule has 0 radical (unpaired) electrons. The van der Waals surface area contributed by atoms with Crippen LogP contribution in [0.4, 0.5) is 0 Å². The summed E-state index contributed by atoms with van der Waals surface area (Å²) in [6, 6.07) is 17.6. The third kappa shape index (κ3) is 5.71. The van der Waals surface area contributed by atoms with Gasteiger partial charge in [0, 0.05) is 23.1 Å². The molecule has 5 N–H and O–H groups in total. The maximum Gasteiger partial charge on any atom is 0.238 e. The Morgan fingerprint density at radius 2 is 1.64 bits per heavy atom. The lowest BCUT2D eigenvalue weighted by Gasteiger charge is -2.39. The van der Waals surface area contributed by atoms with Gasteiger partial charge in [-0.1, -0.05) is 69.3 Å². The fourth-order valence-electron chi connectivity index (χ4n) is 4.22. The van der Waals surface area contributed by atoms with E-state index in [2.05, 4.69) is 10.2 Å². The zero-order chi connectivity index (χ0) is 25.9. The SMILES string of the molecule is CC(C)(C)c1[nH]nc(OC2O[C@H](CO)[C@@H](O)[C@H](O)[C@H]2O)c1Cc1ccccc1OCc1ccccc1. The van der Waals surface area contributed by atoms with Gasteiger partial charge in [0.05, 0.1) is 6.61 Å². The van der Waals surface area contributed by atoms with Crippen LogP contribution in [-0.2, 0) is 23.2 Å². The van der Waals surface area contributed by atoms with Crippen LogP contribution in [0.5, 0.6) is 11.6 Å². The fraction of sp³-hybridized carbons (Fsp3) is 0.444. The number of aromatic amines is 1. The molecule has 0 amide bonds. The second-order valence-corrected chi connectivity index (χ2v) is 10.0. The fourth-order valence-corrected chi connectivity index (χ4v) is 4.22. The summed E-state index contributed by atoms with van der Waals surface area (Å²) in [7, 11) is 0. The number of aliphatic hydroxyl groups is 4. The van der Waals surface area contributed by atoms with Crippen molar-refractivity contribution in [3.05, 3.63) is 77.0 Å². The number of para-hydroxylation sites is 1. The summed E-state index contributed by atoms with van der Waals surface area (Å²) < 4.78 is 17.6. The minimum atomic E-state index is -1.54. The van der Waals surface area contributed by atoms with E-state index >= 15 is 0 Å². The molecule has 1 aromatic heterocycles. The van der Waals surface area contributed by atoms with E-state index in [1.165, 1.54) is 0 Å². The molecule has 9 nitrogen and oxygen atoms in total. The first-order valence-electron chi connectivity index (χ1n) is 12.0. The maximum absolute atomic E-state index is 10.5. The number of hydrogen-bond acceptors (Lipinski definition) is 8. The lowest BCUT2D eigenvalue weighted by Crippen LogP contribution is -2.60. The molecule has 3 aromatic rings. The monoisotopic (exact) mass is 498 g/mol. The smallest absolute Gasteiger partial charge is 0.238 e. The van der Waals surface area contributed by atoms with Crippen molar-refractivity contribution in [3.63, 3.8) is 0 Å². The van der Waals surface area contributed by atoms with Crippen molar-refractivity contribution in [2.45, 2.75) is 69.9 Å². The number of nitrogens with zero attached hydrogens (tertiary/aromatic N) is 1. The Labute approximate surface area is 210 Å². The molecule has 1 saturated heterocycles. The molecular formula is C27H34N2O7. The Hall–Kier alpha value is -2.95. The van der Waals surface area contributed by atoms with Gasteiger partial charge < -0.3 is 34.6 Å². The summed E-state index contributed by atoms with van der Waals surface area (Å²) in [6.45, 7) is 6.00. The molecule has 1 aliphatic rings. The van der Waals surface area contributed by atoms with E-state index < -0.39 is 37.3 Å². The molecule has 5 atom stereocenters. The summed E-state index contributed by atoms with van der Waals surface area (Å²) in [5.74, 6) is 0.920. The topological polar surface area (TPSA) is 137 Å². The maximum atomic E-state index is 10.5. The number of hydrogen-bond donors (Lipinski definition) is 5. The highest BCUT2D eigenvalue weighted by molar-refractivity contribution is 5.44. The molecule has 1 fully saturated rings. The number of aromatic nitrogens is 2. The highest BCUT2D eigenvalue weighted by Crippen LogP contribution is 2.35. The minimum Gasteiger partial charge on any atom is -0.489 e. The quantitative estimate of drug-likeness (QED) is 0.318. The molecule has 0 saturated carbocycles. The van der Waals surface area contributed by atoms with Gasteiger partial charge in [-0.25, -0.2) is 0 Å². The van der Waals surface area contributed by atoms with Crippen LogP contribution in [-0.4, -0.2) is 67.9 Å². The van der Waals surface area contributed by atoms with Crippen molar-refractivity contribution in [2.75, 3.05) is 6.61 Å². The van der Waals surface area contributed by atoms with Crippen molar-refractivity contribution in [1.82, 2.24) is 10.2 Å². The van der Waals surface area contributed by atoms with Crippen LogP contribution in [0, 0.1) is 0 Å². The third-order valence-electron chi connectivity index (χ3n) is 6.23. The van der Waals surface area contributed by atoms with Crippen LogP contribution in [0.15, 0.2) is 54.6 Å². The van der Waals surface area contributed by atoms with E-state index in [-0.39, 0.29) is 11.3 Å². The van der Waals surface area contributed by atoms with E-state index in [4.69, 9.17) is 14.2 Å². The molecule has 2 heterocycles. The van der Waals surface area contributed by atoms with Crippen LogP contribution in [0.3, 0.4) is 0 Å². The third-order valence-corrected chi connectivity index (χ3v) is 6.23. The highest BCUT2D eigenvalue weighted by atomic mass is 16.7. The normalized spacial score (nSPS) is 24.5. The number of ether oxygens (including phenoxy) is 3.